The maximum absolute atomic E-state index is 6.17. The van der Waals surface area contributed by atoms with Crippen LogP contribution in [-0.4, -0.2) is 31.1 Å². The molecule has 0 aliphatic heterocycles. The number of ether oxygens (including phenoxy) is 1. The number of hydrogen-bond donors (Lipinski definition) is 1. The second kappa shape index (κ2) is 5.61. The highest BCUT2D eigenvalue weighted by atomic mass is 16.5. The van der Waals surface area contributed by atoms with Crippen molar-refractivity contribution in [2.45, 2.75) is 44.8 Å². The molecule has 1 saturated carbocycles. The van der Waals surface area contributed by atoms with Crippen LogP contribution in [0.15, 0.2) is 18.2 Å². The maximum atomic E-state index is 6.17. The Morgan fingerprint density at radius 1 is 1.22 bits per heavy atom. The number of likely N-dealkylation sites (N-methyl/N-ethyl adjacent to an activating group) is 1. The Hall–Kier alpha value is -1.22. The Bertz CT molecular complexity index is 403. The Labute approximate surface area is 110 Å². The molecular formula is C15H24N2O. The lowest BCUT2D eigenvalue weighted by molar-refractivity contribution is 0.0628. The first-order valence-corrected chi connectivity index (χ1v) is 6.77. The van der Waals surface area contributed by atoms with Gasteiger partial charge in [0.2, 0.25) is 0 Å². The second-order valence-electron chi connectivity index (χ2n) is 5.51. The van der Waals surface area contributed by atoms with Crippen LogP contribution < -0.4 is 10.5 Å². The van der Waals surface area contributed by atoms with Gasteiger partial charge in [-0.1, -0.05) is 12.5 Å². The molecule has 1 aliphatic rings. The Balaban J connectivity index is 2.13. The van der Waals surface area contributed by atoms with Crippen molar-refractivity contribution in [3.8, 4) is 5.75 Å². The maximum Gasteiger partial charge on any atom is 0.142 e. The van der Waals surface area contributed by atoms with Gasteiger partial charge in [0.15, 0.2) is 0 Å². The summed E-state index contributed by atoms with van der Waals surface area (Å²) in [5.74, 6) is 0.841. The van der Waals surface area contributed by atoms with Gasteiger partial charge in [-0.15, -0.1) is 0 Å². The zero-order valence-corrected chi connectivity index (χ0v) is 11.6. The minimum atomic E-state index is 0.262. The predicted octanol–water partition coefficient (Wildman–Crippen LogP) is 2.83. The number of hydrogen-bond acceptors (Lipinski definition) is 3. The molecule has 0 heterocycles. The van der Waals surface area contributed by atoms with Gasteiger partial charge in [-0.25, -0.2) is 0 Å². The summed E-state index contributed by atoms with van der Waals surface area (Å²) in [5, 5.41) is 0. The first kappa shape index (κ1) is 13.2. The number of nitrogens with two attached hydrogens (primary N) is 1. The van der Waals surface area contributed by atoms with E-state index < -0.39 is 0 Å². The van der Waals surface area contributed by atoms with Crippen LogP contribution in [0.25, 0.3) is 0 Å². The molecule has 2 unspecified atom stereocenters. The second-order valence-corrected chi connectivity index (χ2v) is 5.51. The van der Waals surface area contributed by atoms with Gasteiger partial charge in [0.05, 0.1) is 5.69 Å². The zero-order valence-electron chi connectivity index (χ0n) is 11.6. The number of nitrogen functional groups attached to an aromatic ring is 1. The summed E-state index contributed by atoms with van der Waals surface area (Å²) >= 11 is 0. The molecular weight excluding hydrogens is 224 g/mol. The highest BCUT2D eigenvalue weighted by Gasteiger charge is 2.28. The van der Waals surface area contributed by atoms with E-state index >= 15 is 0 Å². The molecule has 2 atom stereocenters. The van der Waals surface area contributed by atoms with Crippen molar-refractivity contribution < 1.29 is 4.74 Å². The van der Waals surface area contributed by atoms with Crippen molar-refractivity contribution in [1.29, 1.82) is 0 Å². The normalized spacial score (nSPS) is 24.2. The van der Waals surface area contributed by atoms with Gasteiger partial charge in [0.1, 0.15) is 11.9 Å². The number of nitrogens with zero attached hydrogens (tertiary/aromatic N) is 1. The standard InChI is InChI=1S/C15H24N2O/c1-11-8-9-12(16)15(10-11)18-14-7-5-4-6-13(14)17(2)3/h8-10,13-14H,4-7,16H2,1-3H3. The van der Waals surface area contributed by atoms with Gasteiger partial charge >= 0.3 is 0 Å². The van der Waals surface area contributed by atoms with Crippen molar-refractivity contribution in [2.24, 2.45) is 0 Å². The summed E-state index contributed by atoms with van der Waals surface area (Å²) in [6, 6.07) is 6.49. The molecule has 100 valence electrons. The number of benzene rings is 1. The van der Waals surface area contributed by atoms with E-state index in [1.807, 2.05) is 18.2 Å². The van der Waals surface area contributed by atoms with Crippen LogP contribution >= 0.6 is 0 Å². The van der Waals surface area contributed by atoms with Crippen LogP contribution in [-0.2, 0) is 0 Å². The van der Waals surface area contributed by atoms with Crippen LogP contribution in [0.5, 0.6) is 5.75 Å². The SMILES string of the molecule is Cc1ccc(N)c(OC2CCCCC2N(C)C)c1. The van der Waals surface area contributed by atoms with E-state index in [4.69, 9.17) is 10.5 Å². The molecule has 3 nitrogen and oxygen atoms in total. The van der Waals surface area contributed by atoms with Crippen LogP contribution in [0.4, 0.5) is 5.69 Å². The molecule has 1 aromatic rings. The van der Waals surface area contributed by atoms with Crippen molar-refractivity contribution in [3.63, 3.8) is 0 Å². The molecule has 1 aliphatic carbocycles. The minimum absolute atomic E-state index is 0.262. The topological polar surface area (TPSA) is 38.5 Å². The molecule has 0 bridgehead atoms. The highest BCUT2D eigenvalue weighted by molar-refractivity contribution is 5.53. The lowest BCUT2D eigenvalue weighted by Gasteiger charge is -2.36. The molecule has 0 radical (unpaired) electrons. The van der Waals surface area contributed by atoms with Crippen LogP contribution in [0.2, 0.25) is 0 Å². The van der Waals surface area contributed by atoms with Crippen LogP contribution in [0, 0.1) is 6.92 Å². The van der Waals surface area contributed by atoms with Gasteiger partial charge in [-0.3, -0.25) is 0 Å². The molecule has 1 fully saturated rings. The molecule has 0 aromatic heterocycles. The van der Waals surface area contributed by atoms with E-state index in [9.17, 15) is 0 Å². The van der Waals surface area contributed by atoms with E-state index in [-0.39, 0.29) is 6.10 Å². The Morgan fingerprint density at radius 3 is 2.67 bits per heavy atom. The first-order valence-electron chi connectivity index (χ1n) is 6.77. The van der Waals surface area contributed by atoms with E-state index in [1.165, 1.54) is 24.8 Å². The molecule has 0 amide bonds. The van der Waals surface area contributed by atoms with Crippen molar-refractivity contribution in [3.05, 3.63) is 23.8 Å². The highest BCUT2D eigenvalue weighted by Crippen LogP contribution is 2.29. The van der Waals surface area contributed by atoms with Gasteiger partial charge in [0, 0.05) is 6.04 Å². The molecule has 2 N–H and O–H groups in total. The summed E-state index contributed by atoms with van der Waals surface area (Å²) in [6.45, 7) is 2.07. The molecule has 0 spiro atoms. The summed E-state index contributed by atoms with van der Waals surface area (Å²) in [4.78, 5) is 2.27. The number of aryl methyl sites for hydroxylation is 1. The number of anilines is 1. The van der Waals surface area contributed by atoms with E-state index in [0.717, 1.165) is 17.9 Å². The molecule has 1 aromatic carbocycles. The fourth-order valence-corrected chi connectivity index (χ4v) is 2.71. The van der Waals surface area contributed by atoms with Crippen molar-refractivity contribution >= 4 is 5.69 Å². The summed E-state index contributed by atoms with van der Waals surface area (Å²) in [6.07, 6.45) is 5.14. The van der Waals surface area contributed by atoms with Crippen molar-refractivity contribution in [1.82, 2.24) is 4.90 Å². The first-order chi connectivity index (χ1) is 8.58. The third kappa shape index (κ3) is 2.96. The van der Waals surface area contributed by atoms with Gasteiger partial charge in [0.25, 0.3) is 0 Å². The molecule has 3 heteroatoms. The fraction of sp³-hybridized carbons (Fsp3) is 0.600. The Morgan fingerprint density at radius 2 is 1.94 bits per heavy atom. The largest absolute Gasteiger partial charge is 0.487 e. The summed E-state index contributed by atoms with van der Waals surface area (Å²) in [5.41, 5.74) is 7.92. The molecule has 0 saturated heterocycles. The third-order valence-corrected chi connectivity index (χ3v) is 3.78. The average Bonchev–Trinajstić information content (AvgIpc) is 2.34. The molecule has 2 rings (SSSR count). The van der Waals surface area contributed by atoms with Gasteiger partial charge in [-0.2, -0.15) is 0 Å². The quantitative estimate of drug-likeness (QED) is 0.836. The summed E-state index contributed by atoms with van der Waals surface area (Å²) in [7, 11) is 4.26. The smallest absolute Gasteiger partial charge is 0.142 e. The predicted molar refractivity (Wildman–Crippen MR) is 76.0 cm³/mol. The van der Waals surface area contributed by atoms with Gasteiger partial charge < -0.3 is 15.4 Å². The Kier molecular flexibility index (Phi) is 4.12. The minimum Gasteiger partial charge on any atom is -0.487 e. The lowest BCUT2D eigenvalue weighted by Crippen LogP contribution is -2.44. The third-order valence-electron chi connectivity index (χ3n) is 3.78. The zero-order chi connectivity index (χ0) is 13.1. The van der Waals surface area contributed by atoms with Crippen LogP contribution in [0.1, 0.15) is 31.2 Å². The molecule has 18 heavy (non-hydrogen) atoms. The van der Waals surface area contributed by atoms with E-state index in [0.29, 0.717) is 6.04 Å². The van der Waals surface area contributed by atoms with Crippen LogP contribution in [0.3, 0.4) is 0 Å². The summed E-state index contributed by atoms with van der Waals surface area (Å²) < 4.78 is 6.17. The van der Waals surface area contributed by atoms with Crippen molar-refractivity contribution in [2.75, 3.05) is 19.8 Å². The fourth-order valence-electron chi connectivity index (χ4n) is 2.71. The average molecular weight is 248 g/mol. The number of rotatable bonds is 3. The van der Waals surface area contributed by atoms with E-state index in [1.54, 1.807) is 0 Å². The van der Waals surface area contributed by atoms with Gasteiger partial charge in [-0.05, 0) is 58.0 Å². The lowest BCUT2D eigenvalue weighted by atomic mass is 9.91. The van der Waals surface area contributed by atoms with E-state index in [2.05, 4.69) is 25.9 Å². The monoisotopic (exact) mass is 248 g/mol.